The van der Waals surface area contributed by atoms with E-state index in [2.05, 4.69) is 15.6 Å². The lowest BCUT2D eigenvalue weighted by Crippen LogP contribution is -2.38. The van der Waals surface area contributed by atoms with Crippen molar-refractivity contribution in [1.82, 2.24) is 10.6 Å². The van der Waals surface area contributed by atoms with E-state index in [1.54, 1.807) is 0 Å². The molecule has 0 aliphatic carbocycles. The minimum atomic E-state index is -4.61. The zero-order chi connectivity index (χ0) is 19.0. The van der Waals surface area contributed by atoms with Gasteiger partial charge < -0.3 is 20.1 Å². The summed E-state index contributed by atoms with van der Waals surface area (Å²) in [5.41, 5.74) is -1.04. The third kappa shape index (κ3) is 6.45. The van der Waals surface area contributed by atoms with Crippen molar-refractivity contribution < 1.29 is 27.0 Å². The molecule has 0 aromatic heterocycles. The number of ether oxygens (including phenoxy) is 2. The highest BCUT2D eigenvalue weighted by Crippen LogP contribution is 2.32. The molecule has 0 bridgehead atoms. The van der Waals surface area contributed by atoms with E-state index in [4.69, 9.17) is 9.47 Å². The maximum atomic E-state index is 13.1. The molecule has 2 N–H and O–H groups in total. The molecule has 0 radical (unpaired) electrons. The van der Waals surface area contributed by atoms with Gasteiger partial charge in [-0.2, -0.15) is 13.2 Å². The van der Waals surface area contributed by atoms with Crippen molar-refractivity contribution in [3.63, 3.8) is 0 Å². The fraction of sp³-hybridized carbons (Fsp3) is 0.588. The van der Waals surface area contributed by atoms with E-state index in [-0.39, 0.29) is 18.2 Å². The summed E-state index contributed by atoms with van der Waals surface area (Å²) < 4.78 is 62.9. The van der Waals surface area contributed by atoms with Crippen molar-refractivity contribution in [2.45, 2.75) is 31.7 Å². The zero-order valence-corrected chi connectivity index (χ0v) is 14.5. The molecule has 1 heterocycles. The summed E-state index contributed by atoms with van der Waals surface area (Å²) in [6.07, 6.45) is -2.85. The van der Waals surface area contributed by atoms with E-state index in [1.807, 2.05) is 0 Å². The Balaban J connectivity index is 1.76. The number of rotatable bonds is 7. The molecule has 2 rings (SSSR count). The molecule has 1 aromatic carbocycles. The summed E-state index contributed by atoms with van der Waals surface area (Å²) in [5, 5.41) is 5.81. The number of hydrogen-bond donors (Lipinski definition) is 2. The van der Waals surface area contributed by atoms with Gasteiger partial charge in [-0.25, -0.2) is 4.39 Å². The van der Waals surface area contributed by atoms with Crippen LogP contribution in [-0.4, -0.2) is 45.5 Å². The Morgan fingerprint density at radius 3 is 2.81 bits per heavy atom. The maximum Gasteiger partial charge on any atom is 0.416 e. The van der Waals surface area contributed by atoms with Crippen LogP contribution in [0.2, 0.25) is 0 Å². The maximum absolute atomic E-state index is 13.1. The summed E-state index contributed by atoms with van der Waals surface area (Å²) in [7, 11) is 1.52. The van der Waals surface area contributed by atoms with Crippen LogP contribution in [0.4, 0.5) is 17.6 Å². The first-order valence-corrected chi connectivity index (χ1v) is 8.39. The predicted octanol–water partition coefficient (Wildman–Crippen LogP) is 2.71. The lowest BCUT2D eigenvalue weighted by atomic mass is 10.1. The molecule has 26 heavy (non-hydrogen) atoms. The summed E-state index contributed by atoms with van der Waals surface area (Å²) >= 11 is 0. The molecular formula is C17H23F4N3O2. The average molecular weight is 377 g/mol. The minimum Gasteiger partial charge on any atom is -0.379 e. The van der Waals surface area contributed by atoms with Crippen molar-refractivity contribution in [3.8, 4) is 0 Å². The number of nitrogens with one attached hydrogen (secondary N) is 2. The first kappa shape index (κ1) is 20.4. The molecule has 1 atom stereocenters. The first-order chi connectivity index (χ1) is 12.4. The first-order valence-electron chi connectivity index (χ1n) is 8.39. The van der Waals surface area contributed by atoms with Gasteiger partial charge in [-0.3, -0.25) is 4.99 Å². The zero-order valence-electron chi connectivity index (χ0n) is 14.5. The van der Waals surface area contributed by atoms with Gasteiger partial charge in [0.05, 0.1) is 18.3 Å². The highest BCUT2D eigenvalue weighted by molar-refractivity contribution is 5.79. The van der Waals surface area contributed by atoms with E-state index in [0.29, 0.717) is 31.8 Å². The van der Waals surface area contributed by atoms with Gasteiger partial charge in [0.2, 0.25) is 0 Å². The normalized spacial score (nSPS) is 18.2. The van der Waals surface area contributed by atoms with Crippen LogP contribution in [0.1, 0.15) is 24.0 Å². The van der Waals surface area contributed by atoms with Gasteiger partial charge in [-0.05, 0) is 30.5 Å². The Hall–Kier alpha value is -1.87. The molecule has 1 unspecified atom stereocenters. The minimum absolute atomic E-state index is 0.0496. The van der Waals surface area contributed by atoms with Gasteiger partial charge in [-0.15, -0.1) is 0 Å². The summed E-state index contributed by atoms with van der Waals surface area (Å²) in [5.74, 6) is -0.553. The Morgan fingerprint density at radius 1 is 1.35 bits per heavy atom. The van der Waals surface area contributed by atoms with E-state index in [9.17, 15) is 17.6 Å². The van der Waals surface area contributed by atoms with Crippen LogP contribution in [-0.2, 0) is 22.2 Å². The summed E-state index contributed by atoms with van der Waals surface area (Å²) in [4.78, 5) is 3.97. The Morgan fingerprint density at radius 2 is 2.15 bits per heavy atom. The molecule has 0 amide bonds. The SMILES string of the molecule is CN=C(NCCCOC1CCOC1)NCc1ccc(F)cc1C(F)(F)F. The second kappa shape index (κ2) is 9.72. The number of alkyl halides is 3. The molecule has 1 saturated heterocycles. The van der Waals surface area contributed by atoms with Gasteiger partial charge in [0, 0.05) is 33.4 Å². The van der Waals surface area contributed by atoms with Gasteiger partial charge >= 0.3 is 6.18 Å². The molecule has 9 heteroatoms. The quantitative estimate of drug-likeness (QED) is 0.332. The average Bonchev–Trinajstić information content (AvgIpc) is 3.10. The van der Waals surface area contributed by atoms with Gasteiger partial charge in [0.25, 0.3) is 0 Å². The molecule has 1 aliphatic heterocycles. The fourth-order valence-corrected chi connectivity index (χ4v) is 2.54. The van der Waals surface area contributed by atoms with Crippen LogP contribution in [0, 0.1) is 5.82 Å². The van der Waals surface area contributed by atoms with E-state index < -0.39 is 17.6 Å². The van der Waals surface area contributed by atoms with Crippen LogP contribution in [0.3, 0.4) is 0 Å². The number of aliphatic imine (C=N–C) groups is 1. The third-order valence-corrected chi connectivity index (χ3v) is 3.90. The van der Waals surface area contributed by atoms with Crippen molar-refractivity contribution in [2.75, 3.05) is 33.4 Å². The molecular weight excluding hydrogens is 354 g/mol. The number of halogens is 4. The number of benzene rings is 1. The third-order valence-electron chi connectivity index (χ3n) is 3.90. The molecule has 1 fully saturated rings. The van der Waals surface area contributed by atoms with Gasteiger partial charge in [0.1, 0.15) is 5.82 Å². The smallest absolute Gasteiger partial charge is 0.379 e. The van der Waals surface area contributed by atoms with Gasteiger partial charge in [-0.1, -0.05) is 6.07 Å². The highest BCUT2D eigenvalue weighted by Gasteiger charge is 2.33. The largest absolute Gasteiger partial charge is 0.416 e. The predicted molar refractivity (Wildman–Crippen MR) is 89.4 cm³/mol. The highest BCUT2D eigenvalue weighted by atomic mass is 19.4. The Kier molecular flexibility index (Phi) is 7.65. The second-order valence-corrected chi connectivity index (χ2v) is 5.86. The van der Waals surface area contributed by atoms with Crippen molar-refractivity contribution in [2.24, 2.45) is 4.99 Å². The lowest BCUT2D eigenvalue weighted by molar-refractivity contribution is -0.138. The van der Waals surface area contributed by atoms with Crippen LogP contribution in [0.15, 0.2) is 23.2 Å². The Labute approximate surface area is 149 Å². The summed E-state index contributed by atoms with van der Waals surface area (Å²) in [6, 6.07) is 2.62. The lowest BCUT2D eigenvalue weighted by Gasteiger charge is -2.16. The molecule has 146 valence electrons. The second-order valence-electron chi connectivity index (χ2n) is 5.86. The standard InChI is InChI=1S/C17H23F4N3O2/c1-22-16(23-6-2-7-26-14-5-8-25-11-14)24-10-12-3-4-13(18)9-15(12)17(19,20)21/h3-4,9,14H,2,5-8,10-11H2,1H3,(H2,22,23,24). The number of guanidine groups is 1. The van der Waals surface area contributed by atoms with E-state index in [0.717, 1.165) is 31.6 Å². The van der Waals surface area contributed by atoms with E-state index >= 15 is 0 Å². The number of nitrogens with zero attached hydrogens (tertiary/aromatic N) is 1. The molecule has 0 spiro atoms. The molecule has 1 aromatic rings. The summed E-state index contributed by atoms with van der Waals surface area (Å²) in [6.45, 7) is 2.35. The van der Waals surface area contributed by atoms with Crippen LogP contribution in [0.25, 0.3) is 0 Å². The molecule has 1 aliphatic rings. The van der Waals surface area contributed by atoms with Crippen molar-refractivity contribution >= 4 is 5.96 Å². The number of hydrogen-bond acceptors (Lipinski definition) is 3. The van der Waals surface area contributed by atoms with Crippen LogP contribution >= 0.6 is 0 Å². The monoisotopic (exact) mass is 377 g/mol. The fourth-order valence-electron chi connectivity index (χ4n) is 2.54. The topological polar surface area (TPSA) is 54.9 Å². The molecule has 0 saturated carbocycles. The Bertz CT molecular complexity index is 602. The van der Waals surface area contributed by atoms with Crippen LogP contribution in [0.5, 0.6) is 0 Å². The van der Waals surface area contributed by atoms with Crippen LogP contribution < -0.4 is 10.6 Å². The van der Waals surface area contributed by atoms with Gasteiger partial charge in [0.15, 0.2) is 5.96 Å². The van der Waals surface area contributed by atoms with Crippen molar-refractivity contribution in [1.29, 1.82) is 0 Å². The van der Waals surface area contributed by atoms with E-state index in [1.165, 1.54) is 7.05 Å². The molecule has 5 nitrogen and oxygen atoms in total. The van der Waals surface area contributed by atoms with Crippen molar-refractivity contribution in [3.05, 3.63) is 35.1 Å².